The molecule has 8 heteroatoms. The summed E-state index contributed by atoms with van der Waals surface area (Å²) in [4.78, 5) is 20.9. The lowest BCUT2D eigenvalue weighted by atomic mass is 10.1. The average Bonchev–Trinajstić information content (AvgIpc) is 2.79. The van der Waals surface area contributed by atoms with E-state index in [4.69, 9.17) is 14.6 Å². The first-order valence-electron chi connectivity index (χ1n) is 9.21. The molecule has 0 fully saturated rings. The summed E-state index contributed by atoms with van der Waals surface area (Å²) < 4.78 is 10.4. The highest BCUT2D eigenvalue weighted by atomic mass is 16.5. The highest BCUT2D eigenvalue weighted by Crippen LogP contribution is 2.20. The number of hydrazone groups is 1. The summed E-state index contributed by atoms with van der Waals surface area (Å²) in [7, 11) is 3.16. The van der Waals surface area contributed by atoms with Crippen molar-refractivity contribution in [2.45, 2.75) is 6.42 Å². The third-order valence-corrected chi connectivity index (χ3v) is 4.26. The van der Waals surface area contributed by atoms with Crippen molar-refractivity contribution >= 4 is 12.1 Å². The van der Waals surface area contributed by atoms with Crippen molar-refractivity contribution in [2.75, 3.05) is 20.8 Å². The molecule has 0 spiro atoms. The summed E-state index contributed by atoms with van der Waals surface area (Å²) in [6, 6.07) is 12.8. The summed E-state index contributed by atoms with van der Waals surface area (Å²) in [5.41, 5.74) is 5.61. The number of carbonyl (C=O) groups is 1. The van der Waals surface area contributed by atoms with Crippen LogP contribution in [0, 0.1) is 0 Å². The van der Waals surface area contributed by atoms with Crippen molar-refractivity contribution in [3.8, 4) is 22.8 Å². The molecule has 3 aromatic rings. The van der Waals surface area contributed by atoms with Crippen LogP contribution in [0.25, 0.3) is 11.3 Å². The maximum Gasteiger partial charge on any atom is 0.291 e. The molecule has 30 heavy (non-hydrogen) atoms. The summed E-state index contributed by atoms with van der Waals surface area (Å²) in [5, 5.41) is 13.1. The fraction of sp³-hybridized carbons (Fsp3) is 0.182. The van der Waals surface area contributed by atoms with Crippen LogP contribution in [-0.4, -0.2) is 48.0 Å². The second kappa shape index (κ2) is 10.1. The summed E-state index contributed by atoms with van der Waals surface area (Å²) >= 11 is 0. The van der Waals surface area contributed by atoms with Crippen molar-refractivity contribution in [1.82, 2.24) is 15.4 Å². The Bertz CT molecular complexity index is 1040. The normalized spacial score (nSPS) is 10.8. The lowest BCUT2D eigenvalue weighted by Crippen LogP contribution is -2.19. The Hall–Kier alpha value is -3.78. The Kier molecular flexibility index (Phi) is 7.07. The lowest BCUT2D eigenvalue weighted by Gasteiger charge is -2.06. The van der Waals surface area contributed by atoms with Gasteiger partial charge in [-0.2, -0.15) is 5.10 Å². The van der Waals surface area contributed by atoms with E-state index in [2.05, 4.69) is 20.5 Å². The molecule has 8 nitrogen and oxygen atoms in total. The van der Waals surface area contributed by atoms with Gasteiger partial charge < -0.3 is 14.6 Å². The number of carbonyl (C=O) groups excluding carboxylic acids is 1. The molecule has 0 aliphatic carbocycles. The van der Waals surface area contributed by atoms with Crippen LogP contribution in [0.4, 0.5) is 0 Å². The fourth-order valence-electron chi connectivity index (χ4n) is 2.75. The highest BCUT2D eigenvalue weighted by molar-refractivity contribution is 5.93. The van der Waals surface area contributed by atoms with Gasteiger partial charge >= 0.3 is 0 Å². The number of nitrogens with one attached hydrogen (secondary N) is 1. The molecular weight excluding hydrogens is 384 g/mol. The Morgan fingerprint density at radius 1 is 1.10 bits per heavy atom. The monoisotopic (exact) mass is 406 g/mol. The Morgan fingerprint density at radius 2 is 1.87 bits per heavy atom. The molecule has 0 radical (unpaired) electrons. The maximum atomic E-state index is 12.4. The lowest BCUT2D eigenvalue weighted by molar-refractivity contribution is 0.0950. The molecule has 0 aliphatic rings. The fourth-order valence-corrected chi connectivity index (χ4v) is 2.75. The molecule has 2 aromatic carbocycles. The molecule has 0 saturated carbocycles. The summed E-state index contributed by atoms with van der Waals surface area (Å²) in [6.45, 7) is 0.0314. The number of hydrogen-bond acceptors (Lipinski definition) is 7. The zero-order chi connectivity index (χ0) is 21.3. The molecule has 2 N–H and O–H groups in total. The standard InChI is InChI=1S/C22H22N4O4/c1-29-18-5-3-17(4-6-18)20-13-23-14-21(25-20)22(28)26-24-12-16-9-15(7-8-27)10-19(11-16)30-2/h3-6,9-14,27H,7-8H2,1-2H3,(H,26,28)/b24-12+. The van der Waals surface area contributed by atoms with Crippen molar-refractivity contribution in [1.29, 1.82) is 0 Å². The second-order valence-corrected chi connectivity index (χ2v) is 6.31. The van der Waals surface area contributed by atoms with Gasteiger partial charge in [0.05, 0.1) is 38.5 Å². The van der Waals surface area contributed by atoms with Gasteiger partial charge in [0, 0.05) is 12.2 Å². The van der Waals surface area contributed by atoms with E-state index < -0.39 is 5.91 Å². The number of nitrogens with zero attached hydrogens (tertiary/aromatic N) is 3. The predicted molar refractivity (Wildman–Crippen MR) is 113 cm³/mol. The van der Waals surface area contributed by atoms with E-state index in [0.717, 1.165) is 22.4 Å². The van der Waals surface area contributed by atoms with Crippen LogP contribution in [0.1, 0.15) is 21.6 Å². The van der Waals surface area contributed by atoms with Gasteiger partial charge in [-0.3, -0.25) is 9.78 Å². The molecule has 0 unspecified atom stereocenters. The SMILES string of the molecule is COc1ccc(-c2cncc(C(=O)N/N=C/c3cc(CCO)cc(OC)c3)n2)cc1. The van der Waals surface area contributed by atoms with Gasteiger partial charge in [0.2, 0.25) is 0 Å². The van der Waals surface area contributed by atoms with E-state index in [1.54, 1.807) is 26.5 Å². The minimum atomic E-state index is -0.479. The topological polar surface area (TPSA) is 106 Å². The van der Waals surface area contributed by atoms with Crippen molar-refractivity contribution in [2.24, 2.45) is 5.10 Å². The number of methoxy groups -OCH3 is 2. The summed E-state index contributed by atoms with van der Waals surface area (Å²) in [5.74, 6) is 0.897. The molecule has 0 aliphatic heterocycles. The first kappa shape index (κ1) is 20.9. The van der Waals surface area contributed by atoms with E-state index in [0.29, 0.717) is 17.9 Å². The van der Waals surface area contributed by atoms with E-state index in [9.17, 15) is 4.79 Å². The van der Waals surface area contributed by atoms with Crippen LogP contribution in [0.2, 0.25) is 0 Å². The number of amides is 1. The Balaban J connectivity index is 1.71. The van der Waals surface area contributed by atoms with E-state index >= 15 is 0 Å². The van der Waals surface area contributed by atoms with Gasteiger partial charge in [0.15, 0.2) is 0 Å². The largest absolute Gasteiger partial charge is 0.497 e. The third kappa shape index (κ3) is 5.39. The van der Waals surface area contributed by atoms with Crippen LogP contribution in [0.3, 0.4) is 0 Å². The van der Waals surface area contributed by atoms with E-state index in [1.807, 2.05) is 36.4 Å². The third-order valence-electron chi connectivity index (χ3n) is 4.26. The molecule has 0 saturated heterocycles. The van der Waals surface area contributed by atoms with Crippen LogP contribution in [0.15, 0.2) is 60.0 Å². The van der Waals surface area contributed by atoms with Gasteiger partial charge in [-0.1, -0.05) is 0 Å². The maximum absolute atomic E-state index is 12.4. The minimum absolute atomic E-state index is 0.0314. The first-order valence-corrected chi connectivity index (χ1v) is 9.21. The van der Waals surface area contributed by atoms with Crippen LogP contribution in [-0.2, 0) is 6.42 Å². The van der Waals surface area contributed by atoms with Crippen LogP contribution >= 0.6 is 0 Å². The van der Waals surface area contributed by atoms with Gasteiger partial charge in [0.1, 0.15) is 17.2 Å². The van der Waals surface area contributed by atoms with Gasteiger partial charge in [-0.25, -0.2) is 10.4 Å². The molecule has 0 bridgehead atoms. The molecule has 154 valence electrons. The number of rotatable bonds is 8. The average molecular weight is 406 g/mol. The van der Waals surface area contributed by atoms with Gasteiger partial charge in [-0.05, 0) is 60.0 Å². The number of ether oxygens (including phenoxy) is 2. The molecular formula is C22H22N4O4. The van der Waals surface area contributed by atoms with Crippen molar-refractivity contribution in [3.63, 3.8) is 0 Å². The smallest absolute Gasteiger partial charge is 0.291 e. The number of aliphatic hydroxyl groups excluding tert-OH is 1. The number of benzene rings is 2. The predicted octanol–water partition coefficient (Wildman–Crippen LogP) is 2.46. The quantitative estimate of drug-likeness (QED) is 0.440. The zero-order valence-electron chi connectivity index (χ0n) is 16.7. The highest BCUT2D eigenvalue weighted by Gasteiger charge is 2.09. The molecule has 1 amide bonds. The second-order valence-electron chi connectivity index (χ2n) is 6.31. The first-order chi connectivity index (χ1) is 14.6. The number of aromatic nitrogens is 2. The van der Waals surface area contributed by atoms with Crippen molar-refractivity contribution in [3.05, 3.63) is 71.7 Å². The minimum Gasteiger partial charge on any atom is -0.497 e. The van der Waals surface area contributed by atoms with E-state index in [1.165, 1.54) is 12.4 Å². The summed E-state index contributed by atoms with van der Waals surface area (Å²) in [6.07, 6.45) is 4.96. The Labute approximate surface area is 174 Å². The van der Waals surface area contributed by atoms with E-state index in [-0.39, 0.29) is 12.3 Å². The number of aliphatic hydroxyl groups is 1. The van der Waals surface area contributed by atoms with Gasteiger partial charge in [0.25, 0.3) is 5.91 Å². The van der Waals surface area contributed by atoms with Gasteiger partial charge in [-0.15, -0.1) is 0 Å². The van der Waals surface area contributed by atoms with Crippen LogP contribution in [0.5, 0.6) is 11.5 Å². The molecule has 3 rings (SSSR count). The zero-order valence-corrected chi connectivity index (χ0v) is 16.7. The number of hydrogen-bond donors (Lipinski definition) is 2. The molecule has 1 aromatic heterocycles. The van der Waals surface area contributed by atoms with Crippen LogP contribution < -0.4 is 14.9 Å². The Morgan fingerprint density at radius 3 is 2.57 bits per heavy atom. The van der Waals surface area contributed by atoms with Crippen molar-refractivity contribution < 1.29 is 19.4 Å². The molecule has 1 heterocycles. The molecule has 0 atom stereocenters.